The summed E-state index contributed by atoms with van der Waals surface area (Å²) in [5.41, 5.74) is 6.58. The molecule has 108 valence electrons. The van der Waals surface area contributed by atoms with Gasteiger partial charge in [0.25, 0.3) is 0 Å². The highest BCUT2D eigenvalue weighted by molar-refractivity contribution is 4.98. The summed E-state index contributed by atoms with van der Waals surface area (Å²) in [5.74, 6) is 0. The van der Waals surface area contributed by atoms with Crippen molar-refractivity contribution in [3.8, 4) is 0 Å². The Morgan fingerprint density at radius 1 is 1.33 bits per heavy atom. The lowest BCUT2D eigenvalue weighted by Crippen LogP contribution is -2.59. The zero-order valence-corrected chi connectivity index (χ0v) is 13.1. The number of hydrogen-bond donors (Lipinski definition) is 1. The van der Waals surface area contributed by atoms with Crippen molar-refractivity contribution in [1.29, 1.82) is 0 Å². The molecule has 3 nitrogen and oxygen atoms in total. The van der Waals surface area contributed by atoms with Gasteiger partial charge in [0.05, 0.1) is 6.10 Å². The molecule has 0 aromatic carbocycles. The Bertz CT molecular complexity index is 252. The van der Waals surface area contributed by atoms with Crippen molar-refractivity contribution in [2.45, 2.75) is 71.1 Å². The maximum absolute atomic E-state index is 6.12. The smallest absolute Gasteiger partial charge is 0.0572 e. The number of hydrogen-bond acceptors (Lipinski definition) is 3. The number of ether oxygens (including phenoxy) is 1. The van der Waals surface area contributed by atoms with E-state index in [2.05, 4.69) is 39.6 Å². The van der Waals surface area contributed by atoms with Crippen LogP contribution in [0.25, 0.3) is 0 Å². The maximum Gasteiger partial charge on any atom is 0.0572 e. The van der Waals surface area contributed by atoms with Crippen LogP contribution in [-0.4, -0.2) is 43.3 Å². The van der Waals surface area contributed by atoms with Crippen LogP contribution in [0.1, 0.15) is 53.4 Å². The third-order valence-corrected chi connectivity index (χ3v) is 5.16. The monoisotopic (exact) mass is 256 g/mol. The number of nitrogens with zero attached hydrogens (tertiary/aromatic N) is 1. The largest absolute Gasteiger partial charge is 0.381 e. The number of rotatable bonds is 4. The van der Waals surface area contributed by atoms with Crippen LogP contribution in [-0.2, 0) is 4.74 Å². The van der Waals surface area contributed by atoms with Gasteiger partial charge < -0.3 is 10.5 Å². The fourth-order valence-corrected chi connectivity index (χ4v) is 3.06. The van der Waals surface area contributed by atoms with Gasteiger partial charge in [0.1, 0.15) is 0 Å². The summed E-state index contributed by atoms with van der Waals surface area (Å²) >= 11 is 0. The van der Waals surface area contributed by atoms with E-state index in [-0.39, 0.29) is 11.0 Å². The summed E-state index contributed by atoms with van der Waals surface area (Å²) in [7, 11) is 4.07. The van der Waals surface area contributed by atoms with Gasteiger partial charge in [-0.15, -0.1) is 0 Å². The van der Waals surface area contributed by atoms with Crippen molar-refractivity contribution in [3.63, 3.8) is 0 Å². The molecule has 0 amide bonds. The van der Waals surface area contributed by atoms with Crippen LogP contribution < -0.4 is 5.73 Å². The summed E-state index contributed by atoms with van der Waals surface area (Å²) in [6.45, 7) is 9.98. The standard InChI is InChI=1S/C15H32N2O/c1-12(14(2,3)4)17(5)15(11-16)9-7-13(18-6)8-10-15/h12-13H,7-11,16H2,1-6H3. The van der Waals surface area contributed by atoms with Crippen molar-refractivity contribution in [2.75, 3.05) is 20.7 Å². The molecule has 0 aliphatic heterocycles. The molecule has 0 radical (unpaired) electrons. The number of nitrogens with two attached hydrogens (primary N) is 1. The molecule has 2 N–H and O–H groups in total. The van der Waals surface area contributed by atoms with E-state index >= 15 is 0 Å². The maximum atomic E-state index is 6.12. The summed E-state index contributed by atoms with van der Waals surface area (Å²) < 4.78 is 5.48. The molecule has 1 saturated carbocycles. The molecule has 0 aromatic rings. The highest BCUT2D eigenvalue weighted by Gasteiger charge is 2.41. The normalized spacial score (nSPS) is 31.7. The first-order valence-electron chi connectivity index (χ1n) is 7.22. The van der Waals surface area contributed by atoms with E-state index in [9.17, 15) is 0 Å². The number of methoxy groups -OCH3 is 1. The fraction of sp³-hybridized carbons (Fsp3) is 1.00. The topological polar surface area (TPSA) is 38.5 Å². The minimum Gasteiger partial charge on any atom is -0.381 e. The van der Waals surface area contributed by atoms with Gasteiger partial charge >= 0.3 is 0 Å². The lowest BCUT2D eigenvalue weighted by atomic mass is 9.76. The molecule has 18 heavy (non-hydrogen) atoms. The van der Waals surface area contributed by atoms with E-state index in [1.807, 2.05) is 7.11 Å². The van der Waals surface area contributed by atoms with Crippen molar-refractivity contribution in [1.82, 2.24) is 4.90 Å². The fourth-order valence-electron chi connectivity index (χ4n) is 3.06. The van der Waals surface area contributed by atoms with Gasteiger partial charge in [0.15, 0.2) is 0 Å². The molecule has 0 aromatic heterocycles. The van der Waals surface area contributed by atoms with E-state index in [4.69, 9.17) is 10.5 Å². The molecule has 1 rings (SSSR count). The Hall–Kier alpha value is -0.120. The van der Waals surface area contributed by atoms with Crippen molar-refractivity contribution < 1.29 is 4.74 Å². The predicted octanol–water partition coefficient (Wildman–Crippen LogP) is 2.64. The molecule has 0 saturated heterocycles. The summed E-state index contributed by atoms with van der Waals surface area (Å²) in [4.78, 5) is 2.53. The minimum atomic E-state index is 0.168. The SMILES string of the molecule is COC1CCC(CN)(N(C)C(C)C(C)(C)C)CC1. The lowest BCUT2D eigenvalue weighted by molar-refractivity contribution is -0.0303. The van der Waals surface area contributed by atoms with E-state index < -0.39 is 0 Å². The second-order valence-electron chi connectivity index (χ2n) is 7.02. The zero-order chi connectivity index (χ0) is 14.0. The van der Waals surface area contributed by atoms with Crippen LogP contribution in [0.3, 0.4) is 0 Å². The van der Waals surface area contributed by atoms with Gasteiger partial charge in [-0.2, -0.15) is 0 Å². The van der Waals surface area contributed by atoms with Crippen molar-refractivity contribution >= 4 is 0 Å². The third kappa shape index (κ3) is 3.25. The van der Waals surface area contributed by atoms with Crippen molar-refractivity contribution in [2.24, 2.45) is 11.1 Å². The summed E-state index contributed by atoms with van der Waals surface area (Å²) in [5, 5.41) is 0. The van der Waals surface area contributed by atoms with E-state index in [0.29, 0.717) is 12.1 Å². The molecule has 1 atom stereocenters. The molecule has 0 spiro atoms. The van der Waals surface area contributed by atoms with Gasteiger partial charge in [-0.25, -0.2) is 0 Å². The first-order chi connectivity index (χ1) is 8.27. The minimum absolute atomic E-state index is 0.168. The molecule has 1 aliphatic carbocycles. The highest BCUT2D eigenvalue weighted by Crippen LogP contribution is 2.37. The average molecular weight is 256 g/mol. The van der Waals surface area contributed by atoms with Gasteiger partial charge in [-0.05, 0) is 45.1 Å². The van der Waals surface area contributed by atoms with Gasteiger partial charge in [0, 0.05) is 25.2 Å². The van der Waals surface area contributed by atoms with E-state index in [0.717, 1.165) is 32.2 Å². The Morgan fingerprint density at radius 2 is 1.83 bits per heavy atom. The highest BCUT2D eigenvalue weighted by atomic mass is 16.5. The van der Waals surface area contributed by atoms with Crippen LogP contribution in [0.15, 0.2) is 0 Å². The molecule has 0 heterocycles. The van der Waals surface area contributed by atoms with E-state index in [1.54, 1.807) is 0 Å². The Kier molecular flexibility index (Phi) is 5.22. The van der Waals surface area contributed by atoms with Crippen LogP contribution in [0.2, 0.25) is 0 Å². The van der Waals surface area contributed by atoms with Crippen LogP contribution in [0.5, 0.6) is 0 Å². The van der Waals surface area contributed by atoms with Gasteiger partial charge in [0.2, 0.25) is 0 Å². The van der Waals surface area contributed by atoms with Crippen molar-refractivity contribution in [3.05, 3.63) is 0 Å². The molecule has 0 bridgehead atoms. The summed E-state index contributed by atoms with van der Waals surface area (Å²) in [6, 6.07) is 0.528. The van der Waals surface area contributed by atoms with Gasteiger partial charge in [-0.3, -0.25) is 4.90 Å². The van der Waals surface area contributed by atoms with E-state index in [1.165, 1.54) is 0 Å². The number of likely N-dealkylation sites (N-methyl/N-ethyl adjacent to an activating group) is 1. The molecular formula is C15H32N2O. The first-order valence-corrected chi connectivity index (χ1v) is 7.22. The lowest BCUT2D eigenvalue weighted by Gasteiger charge is -2.51. The quantitative estimate of drug-likeness (QED) is 0.840. The van der Waals surface area contributed by atoms with Crippen LogP contribution >= 0.6 is 0 Å². The van der Waals surface area contributed by atoms with Crippen LogP contribution in [0.4, 0.5) is 0 Å². The molecule has 1 fully saturated rings. The molecule has 1 aliphatic rings. The third-order valence-electron chi connectivity index (χ3n) is 5.16. The molecule has 1 unspecified atom stereocenters. The van der Waals surface area contributed by atoms with Crippen LogP contribution in [0, 0.1) is 5.41 Å². The Morgan fingerprint density at radius 3 is 2.17 bits per heavy atom. The first kappa shape index (κ1) is 15.9. The molecular weight excluding hydrogens is 224 g/mol. The zero-order valence-electron chi connectivity index (χ0n) is 13.1. The second-order valence-corrected chi connectivity index (χ2v) is 7.02. The predicted molar refractivity (Wildman–Crippen MR) is 77.7 cm³/mol. The molecule has 3 heteroatoms. The Labute approximate surface area is 113 Å². The Balaban J connectivity index is 2.77. The average Bonchev–Trinajstić information content (AvgIpc) is 2.36. The second kappa shape index (κ2) is 5.89. The summed E-state index contributed by atoms with van der Waals surface area (Å²) in [6.07, 6.45) is 5.00. The van der Waals surface area contributed by atoms with Gasteiger partial charge in [-0.1, -0.05) is 20.8 Å².